The number of nitro benzene ring substituents is 1. The van der Waals surface area contributed by atoms with Gasteiger partial charge in [-0.05, 0) is 65.9 Å². The number of fused-ring (bicyclic) bond motifs is 1. The summed E-state index contributed by atoms with van der Waals surface area (Å²) >= 11 is 0. The van der Waals surface area contributed by atoms with E-state index >= 15 is 0 Å². The van der Waals surface area contributed by atoms with Gasteiger partial charge in [0.15, 0.2) is 0 Å². The van der Waals surface area contributed by atoms with Gasteiger partial charge in [-0.1, -0.05) is 48.6 Å². The smallest absolute Gasteiger partial charge is 0.277 e. The molecule has 4 heteroatoms. The Morgan fingerprint density at radius 1 is 0.900 bits per heavy atom. The van der Waals surface area contributed by atoms with E-state index in [1.54, 1.807) is 18.2 Å². The minimum atomic E-state index is -0.330. The van der Waals surface area contributed by atoms with Gasteiger partial charge < -0.3 is 4.57 Å². The fraction of sp³-hybridized carbons (Fsp3) is 0.0769. The molecule has 1 aromatic heterocycles. The van der Waals surface area contributed by atoms with Crippen molar-refractivity contribution < 1.29 is 4.92 Å². The van der Waals surface area contributed by atoms with Gasteiger partial charge in [0.25, 0.3) is 5.69 Å². The summed E-state index contributed by atoms with van der Waals surface area (Å²) in [5.74, 6) is 0. The topological polar surface area (TPSA) is 48.1 Å². The Labute approximate surface area is 174 Å². The zero-order valence-electron chi connectivity index (χ0n) is 16.4. The summed E-state index contributed by atoms with van der Waals surface area (Å²) in [7, 11) is 0. The number of hydrogen-bond acceptors (Lipinski definition) is 2. The molecule has 0 N–H and O–H groups in total. The van der Waals surface area contributed by atoms with E-state index < -0.39 is 0 Å². The van der Waals surface area contributed by atoms with Crippen molar-refractivity contribution in [2.24, 2.45) is 0 Å². The lowest BCUT2D eigenvalue weighted by molar-refractivity contribution is -0.384. The monoisotopic (exact) mass is 392 g/mol. The molecule has 1 aliphatic carbocycles. The van der Waals surface area contributed by atoms with Crippen LogP contribution >= 0.6 is 0 Å². The van der Waals surface area contributed by atoms with E-state index in [0.29, 0.717) is 5.56 Å². The first-order valence-electron chi connectivity index (χ1n) is 10.0. The second kappa shape index (κ2) is 7.48. The standard InChI is InChI=1S/C26H20N2O2/c29-28(30)26-9-5-4-8-24(26)21-12-15-25-22(18-21)16-17-27(25)23-13-10-20(11-14-23)19-6-2-1-3-7-19/h1-2,4-6,8-18H,3,7H2. The predicted molar refractivity (Wildman–Crippen MR) is 122 cm³/mol. The number of benzene rings is 3. The molecule has 4 aromatic rings. The van der Waals surface area contributed by atoms with Gasteiger partial charge in [0.05, 0.1) is 16.0 Å². The summed E-state index contributed by atoms with van der Waals surface area (Å²) in [5.41, 5.74) is 6.41. The molecule has 0 unspecified atom stereocenters. The van der Waals surface area contributed by atoms with Crippen molar-refractivity contribution in [1.82, 2.24) is 4.57 Å². The van der Waals surface area contributed by atoms with Gasteiger partial charge in [0.2, 0.25) is 0 Å². The van der Waals surface area contributed by atoms with Crippen LogP contribution in [-0.4, -0.2) is 9.49 Å². The third-order valence-corrected chi connectivity index (χ3v) is 5.63. The molecular weight excluding hydrogens is 372 g/mol. The number of nitro groups is 1. The van der Waals surface area contributed by atoms with Crippen LogP contribution in [0.25, 0.3) is 33.3 Å². The van der Waals surface area contributed by atoms with Gasteiger partial charge in [-0.2, -0.15) is 0 Å². The maximum atomic E-state index is 11.4. The van der Waals surface area contributed by atoms with Crippen LogP contribution in [0.4, 0.5) is 5.69 Å². The zero-order chi connectivity index (χ0) is 20.5. The Kier molecular flexibility index (Phi) is 4.52. The second-order valence-corrected chi connectivity index (χ2v) is 7.44. The molecule has 4 nitrogen and oxygen atoms in total. The molecule has 0 radical (unpaired) electrons. The van der Waals surface area contributed by atoms with Gasteiger partial charge in [-0.15, -0.1) is 0 Å². The van der Waals surface area contributed by atoms with E-state index in [1.165, 1.54) is 11.1 Å². The summed E-state index contributed by atoms with van der Waals surface area (Å²) in [6.07, 6.45) is 10.7. The molecule has 1 heterocycles. The quantitative estimate of drug-likeness (QED) is 0.279. The molecule has 0 fully saturated rings. The van der Waals surface area contributed by atoms with Crippen molar-refractivity contribution in [1.29, 1.82) is 0 Å². The molecule has 0 spiro atoms. The molecule has 1 aliphatic rings. The molecule has 5 rings (SSSR count). The molecule has 0 aliphatic heterocycles. The zero-order valence-corrected chi connectivity index (χ0v) is 16.4. The highest BCUT2D eigenvalue weighted by Gasteiger charge is 2.15. The Morgan fingerprint density at radius 2 is 1.70 bits per heavy atom. The number of para-hydroxylation sites is 1. The van der Waals surface area contributed by atoms with Crippen LogP contribution in [0.5, 0.6) is 0 Å². The van der Waals surface area contributed by atoms with Crippen molar-refractivity contribution in [3.05, 3.63) is 113 Å². The summed E-state index contributed by atoms with van der Waals surface area (Å²) in [5, 5.41) is 12.4. The van der Waals surface area contributed by atoms with E-state index in [0.717, 1.165) is 35.0 Å². The first-order chi connectivity index (χ1) is 14.7. The predicted octanol–water partition coefficient (Wildman–Crippen LogP) is 6.94. The highest BCUT2D eigenvalue weighted by atomic mass is 16.6. The maximum Gasteiger partial charge on any atom is 0.277 e. The fourth-order valence-electron chi connectivity index (χ4n) is 4.09. The summed E-state index contributed by atoms with van der Waals surface area (Å²) in [4.78, 5) is 11.1. The minimum absolute atomic E-state index is 0.124. The second-order valence-electron chi connectivity index (χ2n) is 7.44. The van der Waals surface area contributed by atoms with Gasteiger partial charge >= 0.3 is 0 Å². The average molecular weight is 392 g/mol. The molecule has 3 aromatic carbocycles. The van der Waals surface area contributed by atoms with Crippen LogP contribution in [0, 0.1) is 10.1 Å². The van der Waals surface area contributed by atoms with E-state index in [9.17, 15) is 10.1 Å². The highest BCUT2D eigenvalue weighted by molar-refractivity contribution is 5.88. The molecular formula is C26H20N2O2. The van der Waals surface area contributed by atoms with Gasteiger partial charge in [-0.3, -0.25) is 10.1 Å². The number of aromatic nitrogens is 1. The SMILES string of the molecule is O=[N+]([O-])c1ccccc1-c1ccc2c(ccn2-c2ccc(C3=CC=CCC3)cc2)c1. The van der Waals surface area contributed by atoms with Gasteiger partial charge in [0, 0.05) is 23.3 Å². The van der Waals surface area contributed by atoms with Crippen molar-refractivity contribution in [3.63, 3.8) is 0 Å². The van der Waals surface area contributed by atoms with Gasteiger partial charge in [0.1, 0.15) is 0 Å². The fourth-order valence-corrected chi connectivity index (χ4v) is 4.09. The van der Waals surface area contributed by atoms with Gasteiger partial charge in [-0.25, -0.2) is 0 Å². The van der Waals surface area contributed by atoms with E-state index in [2.05, 4.69) is 53.1 Å². The largest absolute Gasteiger partial charge is 0.317 e. The number of rotatable bonds is 4. The van der Waals surface area contributed by atoms with Crippen molar-refractivity contribution in [3.8, 4) is 16.8 Å². The van der Waals surface area contributed by atoms with Crippen molar-refractivity contribution in [2.75, 3.05) is 0 Å². The summed E-state index contributed by atoms with van der Waals surface area (Å²) in [6, 6.07) is 23.6. The van der Waals surface area contributed by atoms with Crippen LogP contribution in [-0.2, 0) is 0 Å². The average Bonchev–Trinajstić information content (AvgIpc) is 3.23. The van der Waals surface area contributed by atoms with Crippen molar-refractivity contribution in [2.45, 2.75) is 12.8 Å². The van der Waals surface area contributed by atoms with Crippen LogP contribution in [0.1, 0.15) is 18.4 Å². The Morgan fingerprint density at radius 3 is 2.47 bits per heavy atom. The van der Waals surface area contributed by atoms with Crippen LogP contribution < -0.4 is 0 Å². The van der Waals surface area contributed by atoms with Crippen LogP contribution in [0.2, 0.25) is 0 Å². The third kappa shape index (κ3) is 3.22. The number of hydrogen-bond donors (Lipinski definition) is 0. The molecule has 0 bridgehead atoms. The number of nitrogens with zero attached hydrogens (tertiary/aromatic N) is 2. The van der Waals surface area contributed by atoms with E-state index in [4.69, 9.17) is 0 Å². The van der Waals surface area contributed by atoms with Crippen LogP contribution in [0.15, 0.2) is 97.2 Å². The molecule has 0 saturated heterocycles. The number of allylic oxidation sites excluding steroid dienone is 4. The van der Waals surface area contributed by atoms with Crippen LogP contribution in [0.3, 0.4) is 0 Å². The van der Waals surface area contributed by atoms with E-state index in [-0.39, 0.29) is 10.6 Å². The Bertz CT molecular complexity index is 1310. The Balaban J connectivity index is 1.51. The lowest BCUT2D eigenvalue weighted by Crippen LogP contribution is -1.94. The maximum absolute atomic E-state index is 11.4. The summed E-state index contributed by atoms with van der Waals surface area (Å²) in [6.45, 7) is 0. The minimum Gasteiger partial charge on any atom is -0.317 e. The molecule has 30 heavy (non-hydrogen) atoms. The third-order valence-electron chi connectivity index (χ3n) is 5.63. The molecule has 0 amide bonds. The highest BCUT2D eigenvalue weighted by Crippen LogP contribution is 2.33. The lowest BCUT2D eigenvalue weighted by atomic mass is 9.97. The molecule has 0 atom stereocenters. The first kappa shape index (κ1) is 18.1. The molecule has 146 valence electrons. The van der Waals surface area contributed by atoms with Crippen molar-refractivity contribution >= 4 is 22.2 Å². The Hall–Kier alpha value is -3.92. The normalized spacial score (nSPS) is 13.4. The first-order valence-corrected chi connectivity index (χ1v) is 10.0. The summed E-state index contributed by atoms with van der Waals surface area (Å²) < 4.78 is 2.15. The molecule has 0 saturated carbocycles. The van der Waals surface area contributed by atoms with E-state index in [1.807, 2.05) is 30.5 Å². The lowest BCUT2D eigenvalue weighted by Gasteiger charge is -2.11.